The monoisotopic (exact) mass is 299 g/mol. The van der Waals surface area contributed by atoms with E-state index in [0.717, 1.165) is 12.8 Å². The summed E-state index contributed by atoms with van der Waals surface area (Å²) in [7, 11) is 0. The number of hydrogen-bond acceptors (Lipinski definition) is 4. The first-order valence-electron chi connectivity index (χ1n) is 7.01. The number of carbonyl (C=O) groups is 3. The highest BCUT2D eigenvalue weighted by Gasteiger charge is 2.47. The summed E-state index contributed by atoms with van der Waals surface area (Å²) in [6, 6.07) is -1.66. The summed E-state index contributed by atoms with van der Waals surface area (Å²) >= 11 is 0. The van der Waals surface area contributed by atoms with Gasteiger partial charge in [-0.15, -0.1) is 0 Å². The van der Waals surface area contributed by atoms with E-state index in [1.54, 1.807) is 6.92 Å². The van der Waals surface area contributed by atoms with Crippen LogP contribution in [0.5, 0.6) is 0 Å². The molecule has 8 heteroatoms. The molecule has 21 heavy (non-hydrogen) atoms. The van der Waals surface area contributed by atoms with Gasteiger partial charge in [0.1, 0.15) is 11.5 Å². The van der Waals surface area contributed by atoms with Crippen molar-refractivity contribution in [2.45, 2.75) is 44.8 Å². The Morgan fingerprint density at radius 3 is 2.52 bits per heavy atom. The quantitative estimate of drug-likeness (QED) is 0.543. The predicted octanol–water partition coefficient (Wildman–Crippen LogP) is -0.558. The van der Waals surface area contributed by atoms with Crippen LogP contribution < -0.4 is 16.0 Å². The van der Waals surface area contributed by atoms with Crippen molar-refractivity contribution in [3.8, 4) is 0 Å². The topological polar surface area (TPSA) is 117 Å². The number of amides is 3. The number of carbonyl (C=O) groups excluding carboxylic acids is 2. The molecule has 3 unspecified atom stereocenters. The Kier molecular flexibility index (Phi) is 4.36. The van der Waals surface area contributed by atoms with Crippen LogP contribution in [0.2, 0.25) is 0 Å². The van der Waals surface area contributed by atoms with E-state index in [4.69, 9.17) is 4.74 Å². The SMILES string of the molecule is CC(NC(=O)NC1COCC1(C)C(=O)O)C(=O)NC1CC1. The van der Waals surface area contributed by atoms with Crippen molar-refractivity contribution in [3.05, 3.63) is 0 Å². The van der Waals surface area contributed by atoms with Gasteiger partial charge in [-0.25, -0.2) is 4.79 Å². The summed E-state index contributed by atoms with van der Waals surface area (Å²) in [4.78, 5) is 34.9. The maximum absolute atomic E-state index is 11.9. The van der Waals surface area contributed by atoms with Crippen molar-refractivity contribution in [2.75, 3.05) is 13.2 Å². The van der Waals surface area contributed by atoms with Gasteiger partial charge < -0.3 is 25.8 Å². The van der Waals surface area contributed by atoms with E-state index in [2.05, 4.69) is 16.0 Å². The van der Waals surface area contributed by atoms with Crippen LogP contribution >= 0.6 is 0 Å². The van der Waals surface area contributed by atoms with Crippen molar-refractivity contribution < 1.29 is 24.2 Å². The molecule has 2 rings (SSSR count). The number of nitrogens with one attached hydrogen (secondary N) is 3. The average molecular weight is 299 g/mol. The summed E-state index contributed by atoms with van der Waals surface area (Å²) in [6.07, 6.45) is 1.95. The zero-order valence-corrected chi connectivity index (χ0v) is 12.1. The van der Waals surface area contributed by atoms with Crippen LogP contribution in [-0.4, -0.2) is 54.4 Å². The molecule has 1 saturated heterocycles. The molecule has 1 heterocycles. The molecule has 8 nitrogen and oxygen atoms in total. The first-order valence-corrected chi connectivity index (χ1v) is 7.01. The zero-order chi connectivity index (χ0) is 15.6. The van der Waals surface area contributed by atoms with Gasteiger partial charge in [-0.05, 0) is 26.7 Å². The molecule has 0 spiro atoms. The fourth-order valence-corrected chi connectivity index (χ4v) is 2.10. The van der Waals surface area contributed by atoms with Gasteiger partial charge in [0.05, 0.1) is 19.3 Å². The smallest absolute Gasteiger partial charge is 0.315 e. The summed E-state index contributed by atoms with van der Waals surface area (Å²) < 4.78 is 5.15. The number of carboxylic acids is 1. The second-order valence-electron chi connectivity index (χ2n) is 5.91. The standard InChI is InChI=1S/C13H21N3O5/c1-7(10(17)15-8-3-4-8)14-12(20)16-9-5-21-6-13(9,2)11(18)19/h7-9H,3-6H2,1-2H3,(H,15,17)(H,18,19)(H2,14,16,20). The molecule has 2 aliphatic rings. The highest BCUT2D eigenvalue weighted by atomic mass is 16.5. The van der Waals surface area contributed by atoms with E-state index in [-0.39, 0.29) is 25.2 Å². The van der Waals surface area contributed by atoms with Crippen LogP contribution in [0.25, 0.3) is 0 Å². The van der Waals surface area contributed by atoms with E-state index in [9.17, 15) is 19.5 Å². The van der Waals surface area contributed by atoms with E-state index in [1.807, 2.05) is 0 Å². The van der Waals surface area contributed by atoms with E-state index in [0.29, 0.717) is 0 Å². The summed E-state index contributed by atoms with van der Waals surface area (Å²) in [5, 5.41) is 17.1. The van der Waals surface area contributed by atoms with Crippen LogP contribution in [0.3, 0.4) is 0 Å². The Morgan fingerprint density at radius 1 is 1.29 bits per heavy atom. The molecule has 0 aromatic heterocycles. The predicted molar refractivity (Wildman–Crippen MR) is 72.6 cm³/mol. The van der Waals surface area contributed by atoms with E-state index < -0.39 is 29.5 Å². The number of aliphatic carboxylic acids is 1. The maximum atomic E-state index is 11.9. The molecule has 0 aromatic carbocycles. The fraction of sp³-hybridized carbons (Fsp3) is 0.769. The van der Waals surface area contributed by atoms with Gasteiger partial charge in [0, 0.05) is 6.04 Å². The molecule has 2 fully saturated rings. The molecule has 1 aliphatic carbocycles. The second kappa shape index (κ2) is 5.88. The van der Waals surface area contributed by atoms with Gasteiger partial charge in [0.25, 0.3) is 0 Å². The molecule has 1 saturated carbocycles. The molecule has 3 atom stereocenters. The van der Waals surface area contributed by atoms with Gasteiger partial charge in [0.2, 0.25) is 5.91 Å². The van der Waals surface area contributed by atoms with Gasteiger partial charge in [0.15, 0.2) is 0 Å². The Labute approximate surface area is 122 Å². The van der Waals surface area contributed by atoms with Crippen molar-refractivity contribution in [2.24, 2.45) is 5.41 Å². The lowest BCUT2D eigenvalue weighted by molar-refractivity contribution is -0.148. The number of carboxylic acid groups (broad SMARTS) is 1. The number of rotatable bonds is 5. The highest BCUT2D eigenvalue weighted by molar-refractivity contribution is 5.87. The Bertz CT molecular complexity index is 451. The van der Waals surface area contributed by atoms with E-state index >= 15 is 0 Å². The molecule has 1 aliphatic heterocycles. The molecule has 0 aromatic rings. The van der Waals surface area contributed by atoms with E-state index in [1.165, 1.54) is 6.92 Å². The first kappa shape index (κ1) is 15.6. The van der Waals surface area contributed by atoms with Crippen LogP contribution in [0.4, 0.5) is 4.79 Å². The molecule has 3 amide bonds. The third-order valence-corrected chi connectivity index (χ3v) is 3.91. The van der Waals surface area contributed by atoms with Crippen LogP contribution in [0.1, 0.15) is 26.7 Å². The van der Waals surface area contributed by atoms with Crippen molar-refractivity contribution in [1.82, 2.24) is 16.0 Å². The molecule has 118 valence electrons. The second-order valence-corrected chi connectivity index (χ2v) is 5.91. The molecular formula is C13H21N3O5. The van der Waals surface area contributed by atoms with Crippen LogP contribution in [0.15, 0.2) is 0 Å². The molecule has 4 N–H and O–H groups in total. The highest BCUT2D eigenvalue weighted by Crippen LogP contribution is 2.28. The summed E-state index contributed by atoms with van der Waals surface area (Å²) in [6.45, 7) is 3.29. The lowest BCUT2D eigenvalue weighted by Gasteiger charge is -2.26. The third kappa shape index (κ3) is 3.63. The lowest BCUT2D eigenvalue weighted by atomic mass is 9.85. The van der Waals surface area contributed by atoms with Crippen LogP contribution in [0, 0.1) is 5.41 Å². The van der Waals surface area contributed by atoms with Gasteiger partial charge in [-0.3, -0.25) is 9.59 Å². The Balaban J connectivity index is 1.83. The number of hydrogen-bond donors (Lipinski definition) is 4. The zero-order valence-electron chi connectivity index (χ0n) is 12.1. The Morgan fingerprint density at radius 2 is 1.95 bits per heavy atom. The molecular weight excluding hydrogens is 278 g/mol. The first-order chi connectivity index (χ1) is 9.83. The largest absolute Gasteiger partial charge is 0.481 e. The average Bonchev–Trinajstić information content (AvgIpc) is 3.13. The van der Waals surface area contributed by atoms with Gasteiger partial charge in [-0.1, -0.05) is 0 Å². The Hall–Kier alpha value is -1.83. The number of urea groups is 1. The van der Waals surface area contributed by atoms with Crippen molar-refractivity contribution >= 4 is 17.9 Å². The van der Waals surface area contributed by atoms with Crippen molar-refractivity contribution in [3.63, 3.8) is 0 Å². The number of ether oxygens (including phenoxy) is 1. The molecule has 0 bridgehead atoms. The molecule has 0 radical (unpaired) electrons. The lowest BCUT2D eigenvalue weighted by Crippen LogP contribution is -2.55. The van der Waals surface area contributed by atoms with Gasteiger partial charge >= 0.3 is 12.0 Å². The normalized spacial score (nSPS) is 29.5. The summed E-state index contributed by atoms with van der Waals surface area (Å²) in [5.41, 5.74) is -1.16. The van der Waals surface area contributed by atoms with Gasteiger partial charge in [-0.2, -0.15) is 0 Å². The minimum Gasteiger partial charge on any atom is -0.481 e. The third-order valence-electron chi connectivity index (χ3n) is 3.91. The summed E-state index contributed by atoms with van der Waals surface area (Å²) in [5.74, 6) is -1.26. The fourth-order valence-electron chi connectivity index (χ4n) is 2.10. The minimum atomic E-state index is -1.16. The van der Waals surface area contributed by atoms with Crippen molar-refractivity contribution in [1.29, 1.82) is 0 Å². The minimum absolute atomic E-state index is 0.0466. The maximum Gasteiger partial charge on any atom is 0.315 e. The van der Waals surface area contributed by atoms with Crippen LogP contribution in [-0.2, 0) is 14.3 Å².